The van der Waals surface area contributed by atoms with Gasteiger partial charge in [-0.1, -0.05) is 0 Å². The largest absolute Gasteiger partial charge is 0.350 e. The van der Waals surface area contributed by atoms with Gasteiger partial charge in [0, 0.05) is 37.3 Å². The molecule has 1 saturated carbocycles. The first kappa shape index (κ1) is 19.1. The Morgan fingerprint density at radius 2 is 1.83 bits per heavy atom. The number of amides is 2. The zero-order valence-corrected chi connectivity index (χ0v) is 17.3. The summed E-state index contributed by atoms with van der Waals surface area (Å²) < 4.78 is 0. The molecule has 1 aromatic heterocycles. The number of H-pyrrole nitrogens is 1. The van der Waals surface area contributed by atoms with E-state index in [0.29, 0.717) is 24.4 Å². The highest BCUT2D eigenvalue weighted by Crippen LogP contribution is 2.32. The van der Waals surface area contributed by atoms with Gasteiger partial charge in [-0.3, -0.25) is 19.6 Å². The van der Waals surface area contributed by atoms with Crippen LogP contribution >= 0.6 is 0 Å². The van der Waals surface area contributed by atoms with Gasteiger partial charge in [0.1, 0.15) is 0 Å². The number of carbonyl (C=O) groups is 2. The second-order valence-electron chi connectivity index (χ2n) is 9.36. The number of hydrogen-bond donors (Lipinski definition) is 2. The summed E-state index contributed by atoms with van der Waals surface area (Å²) >= 11 is 0. The number of rotatable bonds is 5. The molecule has 5 rings (SSSR count). The van der Waals surface area contributed by atoms with Gasteiger partial charge in [-0.25, -0.2) is 0 Å². The van der Waals surface area contributed by atoms with Crippen LogP contribution in [0.1, 0.15) is 61.9 Å². The van der Waals surface area contributed by atoms with Crippen molar-refractivity contribution in [3.63, 3.8) is 0 Å². The third-order valence-corrected chi connectivity index (χ3v) is 7.36. The molecule has 7 heteroatoms. The minimum absolute atomic E-state index is 0.0712. The second kappa shape index (κ2) is 8.09. The van der Waals surface area contributed by atoms with Crippen LogP contribution in [-0.4, -0.2) is 64.0 Å². The average molecular weight is 400 g/mol. The third kappa shape index (κ3) is 4.06. The van der Waals surface area contributed by atoms with Crippen LogP contribution in [0.15, 0.2) is 0 Å². The first-order valence-electron chi connectivity index (χ1n) is 11.5. The molecular weight excluding hydrogens is 366 g/mol. The minimum atomic E-state index is 0.0712. The lowest BCUT2D eigenvalue weighted by Crippen LogP contribution is -2.51. The molecule has 4 aliphatic rings. The molecule has 2 aliphatic heterocycles. The molecule has 7 nitrogen and oxygen atoms in total. The van der Waals surface area contributed by atoms with Gasteiger partial charge in [-0.15, -0.1) is 0 Å². The number of likely N-dealkylation sites (tertiary alicyclic amines) is 2. The third-order valence-electron chi connectivity index (χ3n) is 7.36. The molecule has 158 valence electrons. The lowest BCUT2D eigenvalue weighted by molar-refractivity contribution is -0.134. The lowest BCUT2D eigenvalue weighted by atomic mass is 9.93. The second-order valence-corrected chi connectivity index (χ2v) is 9.36. The molecule has 2 aliphatic carbocycles. The Morgan fingerprint density at radius 1 is 1.00 bits per heavy atom. The maximum absolute atomic E-state index is 12.8. The Balaban J connectivity index is 1.10. The molecule has 2 amide bonds. The summed E-state index contributed by atoms with van der Waals surface area (Å²) in [5.41, 5.74) is 3.60. The van der Waals surface area contributed by atoms with Crippen LogP contribution in [0.4, 0.5) is 0 Å². The summed E-state index contributed by atoms with van der Waals surface area (Å²) in [5.74, 6) is 0.947. The van der Waals surface area contributed by atoms with Crippen molar-refractivity contribution in [3.8, 4) is 0 Å². The van der Waals surface area contributed by atoms with Crippen molar-refractivity contribution < 1.29 is 9.59 Å². The predicted molar refractivity (Wildman–Crippen MR) is 109 cm³/mol. The summed E-state index contributed by atoms with van der Waals surface area (Å²) in [6.45, 7) is 4.25. The van der Waals surface area contributed by atoms with Crippen LogP contribution < -0.4 is 5.32 Å². The average Bonchev–Trinajstić information content (AvgIpc) is 3.39. The van der Waals surface area contributed by atoms with Gasteiger partial charge in [0.05, 0.1) is 18.2 Å². The Morgan fingerprint density at radius 3 is 2.62 bits per heavy atom. The summed E-state index contributed by atoms with van der Waals surface area (Å²) in [6, 6.07) is 0.517. The molecule has 1 aromatic rings. The number of aromatic nitrogens is 2. The summed E-state index contributed by atoms with van der Waals surface area (Å²) in [7, 11) is 0. The number of aryl methyl sites for hydroxylation is 1. The van der Waals surface area contributed by atoms with Gasteiger partial charge >= 0.3 is 0 Å². The zero-order chi connectivity index (χ0) is 19.8. The first-order chi connectivity index (χ1) is 14.2. The summed E-state index contributed by atoms with van der Waals surface area (Å²) in [6.07, 6.45) is 9.67. The van der Waals surface area contributed by atoms with E-state index in [4.69, 9.17) is 0 Å². The van der Waals surface area contributed by atoms with Crippen LogP contribution in [0.3, 0.4) is 0 Å². The number of piperidine rings is 2. The molecule has 3 heterocycles. The van der Waals surface area contributed by atoms with Crippen LogP contribution in [0.5, 0.6) is 0 Å². The van der Waals surface area contributed by atoms with Crippen molar-refractivity contribution in [2.45, 2.75) is 70.4 Å². The molecule has 2 saturated heterocycles. The van der Waals surface area contributed by atoms with Gasteiger partial charge in [-0.2, -0.15) is 5.10 Å². The van der Waals surface area contributed by atoms with Gasteiger partial charge < -0.3 is 10.2 Å². The van der Waals surface area contributed by atoms with Gasteiger partial charge in [-0.05, 0) is 69.9 Å². The van der Waals surface area contributed by atoms with E-state index >= 15 is 0 Å². The van der Waals surface area contributed by atoms with Crippen molar-refractivity contribution in [3.05, 3.63) is 17.0 Å². The van der Waals surface area contributed by atoms with Crippen LogP contribution in [0, 0.1) is 11.8 Å². The van der Waals surface area contributed by atoms with Crippen LogP contribution in [-0.2, 0) is 29.0 Å². The zero-order valence-electron chi connectivity index (χ0n) is 17.3. The Labute approximate surface area is 172 Å². The maximum atomic E-state index is 12.8. The predicted octanol–water partition coefficient (Wildman–Crippen LogP) is 1.63. The van der Waals surface area contributed by atoms with Gasteiger partial charge in [0.2, 0.25) is 11.8 Å². The first-order valence-corrected chi connectivity index (χ1v) is 11.5. The fraction of sp³-hybridized carbons (Fsp3) is 0.773. The highest BCUT2D eigenvalue weighted by atomic mass is 16.2. The quantitative estimate of drug-likeness (QED) is 0.789. The number of carbonyl (C=O) groups excluding carboxylic acids is 2. The van der Waals surface area contributed by atoms with Crippen molar-refractivity contribution in [2.24, 2.45) is 11.8 Å². The summed E-state index contributed by atoms with van der Waals surface area (Å²) in [5, 5.41) is 10.7. The lowest BCUT2D eigenvalue weighted by Gasteiger charge is -2.42. The van der Waals surface area contributed by atoms with E-state index in [1.54, 1.807) is 0 Å². The highest BCUT2D eigenvalue weighted by molar-refractivity contribution is 5.81. The monoisotopic (exact) mass is 399 g/mol. The van der Waals surface area contributed by atoms with Gasteiger partial charge in [0.25, 0.3) is 0 Å². The van der Waals surface area contributed by atoms with E-state index in [9.17, 15) is 9.59 Å². The Hall–Kier alpha value is -1.89. The summed E-state index contributed by atoms with van der Waals surface area (Å²) in [4.78, 5) is 29.7. The number of nitrogens with one attached hydrogen (secondary N) is 2. The number of nitrogens with zero attached hydrogens (tertiary/aromatic N) is 3. The number of hydrogen-bond acceptors (Lipinski definition) is 4. The van der Waals surface area contributed by atoms with E-state index < -0.39 is 0 Å². The molecule has 0 bridgehead atoms. The minimum Gasteiger partial charge on any atom is -0.350 e. The van der Waals surface area contributed by atoms with E-state index in [-0.39, 0.29) is 11.8 Å². The van der Waals surface area contributed by atoms with E-state index in [1.165, 1.54) is 17.7 Å². The van der Waals surface area contributed by atoms with Crippen molar-refractivity contribution in [2.75, 3.05) is 26.2 Å². The molecule has 0 aromatic carbocycles. The van der Waals surface area contributed by atoms with Crippen molar-refractivity contribution in [1.82, 2.24) is 25.3 Å². The fourth-order valence-corrected chi connectivity index (χ4v) is 5.44. The molecule has 2 N–H and O–H groups in total. The van der Waals surface area contributed by atoms with E-state index in [0.717, 1.165) is 83.2 Å². The molecule has 0 spiro atoms. The SMILES string of the molecule is O=C(NCc1n[nH]c2c1CCC2)[C@H]1CCCN(C2CCN(C(=O)C3CC3)CC2)C1. The van der Waals surface area contributed by atoms with E-state index in [2.05, 4.69) is 25.3 Å². The van der Waals surface area contributed by atoms with Crippen LogP contribution in [0.2, 0.25) is 0 Å². The molecule has 0 radical (unpaired) electrons. The number of fused-ring (bicyclic) bond motifs is 1. The molecule has 0 unspecified atom stereocenters. The van der Waals surface area contributed by atoms with Crippen LogP contribution in [0.25, 0.3) is 0 Å². The Kier molecular flexibility index (Phi) is 5.33. The van der Waals surface area contributed by atoms with E-state index in [1.807, 2.05) is 0 Å². The molecular formula is C22H33N5O2. The molecule has 29 heavy (non-hydrogen) atoms. The van der Waals surface area contributed by atoms with Crippen molar-refractivity contribution in [1.29, 1.82) is 0 Å². The number of aromatic amines is 1. The normalized spacial score (nSPS) is 25.8. The van der Waals surface area contributed by atoms with Crippen molar-refractivity contribution >= 4 is 11.8 Å². The molecule has 3 fully saturated rings. The standard InChI is InChI=1S/C22H33N5O2/c28-21(23-13-20-18-4-1-5-19(18)24-25-20)16-3-2-10-27(14-16)17-8-11-26(12-9-17)22(29)15-6-7-15/h15-17H,1-14H2,(H,23,28)(H,24,25)/t16-/m0/s1. The fourth-order valence-electron chi connectivity index (χ4n) is 5.44. The topological polar surface area (TPSA) is 81.3 Å². The molecule has 1 atom stereocenters. The Bertz CT molecular complexity index is 763. The maximum Gasteiger partial charge on any atom is 0.225 e. The highest BCUT2D eigenvalue weighted by Gasteiger charge is 2.37. The smallest absolute Gasteiger partial charge is 0.225 e. The van der Waals surface area contributed by atoms with Gasteiger partial charge in [0.15, 0.2) is 0 Å².